The predicted octanol–water partition coefficient (Wildman–Crippen LogP) is 3.81. The molecule has 0 atom stereocenters. The Labute approximate surface area is 167 Å². The molecule has 144 valence electrons. The van der Waals surface area contributed by atoms with Gasteiger partial charge in [-0.2, -0.15) is 5.10 Å². The average molecular weight is 398 g/mol. The fraction of sp³-hybridized carbons (Fsp3) is 0.300. The molecule has 0 aromatic carbocycles. The Kier molecular flexibility index (Phi) is 5.25. The van der Waals surface area contributed by atoms with Crippen LogP contribution in [-0.4, -0.2) is 50.7 Å². The molecule has 0 unspecified atom stereocenters. The summed E-state index contributed by atoms with van der Waals surface area (Å²) in [5, 5.41) is 8.65. The van der Waals surface area contributed by atoms with E-state index in [0.717, 1.165) is 29.3 Å². The maximum atomic E-state index is 12.9. The summed E-state index contributed by atoms with van der Waals surface area (Å²) in [5.41, 5.74) is 2.67. The lowest BCUT2D eigenvalue weighted by molar-refractivity contribution is 0.0754. The van der Waals surface area contributed by atoms with Gasteiger partial charge in [0.15, 0.2) is 0 Å². The third kappa shape index (κ3) is 3.71. The van der Waals surface area contributed by atoms with Crippen LogP contribution < -0.4 is 4.74 Å². The van der Waals surface area contributed by atoms with Crippen molar-refractivity contribution in [2.24, 2.45) is 0 Å². The zero-order chi connectivity index (χ0) is 19.5. The molecule has 3 aromatic heterocycles. The first-order valence-corrected chi connectivity index (χ1v) is 9.63. The first-order valence-electron chi connectivity index (χ1n) is 9.25. The largest absolute Gasteiger partial charge is 0.477 e. The molecule has 1 amide bonds. The van der Waals surface area contributed by atoms with Crippen molar-refractivity contribution in [2.75, 3.05) is 19.7 Å². The van der Waals surface area contributed by atoms with Gasteiger partial charge in [-0.3, -0.25) is 9.89 Å². The Morgan fingerprint density at radius 3 is 2.96 bits per heavy atom. The maximum Gasteiger partial charge on any atom is 0.272 e. The van der Waals surface area contributed by atoms with Crippen molar-refractivity contribution in [3.8, 4) is 5.88 Å². The molecule has 1 aliphatic heterocycles. The zero-order valence-electron chi connectivity index (χ0n) is 15.5. The molecule has 28 heavy (non-hydrogen) atoms. The minimum atomic E-state index is -0.0759. The molecule has 7 nitrogen and oxygen atoms in total. The van der Waals surface area contributed by atoms with Gasteiger partial charge in [0.2, 0.25) is 5.88 Å². The van der Waals surface area contributed by atoms with E-state index in [-0.39, 0.29) is 5.91 Å². The fourth-order valence-corrected chi connectivity index (χ4v) is 3.34. The molecule has 8 heteroatoms. The molecular weight excluding hydrogens is 378 g/mol. The van der Waals surface area contributed by atoms with Crippen LogP contribution in [0.2, 0.25) is 5.02 Å². The standard InChI is InChI=1S/C20H20ClN5O2/c1-2-26-7-3-4-8-28-19-13(9-14(21)11-23-19)5-6-16-15-10-17(20(26)27)22-12-18(15)25-24-16/h5-6,9-12H,2-4,7-8H2,1H3,(H,24,25)/b6-5+. The van der Waals surface area contributed by atoms with Crippen molar-refractivity contribution in [2.45, 2.75) is 19.8 Å². The summed E-state index contributed by atoms with van der Waals surface area (Å²) < 4.78 is 5.85. The van der Waals surface area contributed by atoms with Crippen molar-refractivity contribution < 1.29 is 9.53 Å². The lowest BCUT2D eigenvalue weighted by Gasteiger charge is -2.20. The number of H-pyrrole nitrogens is 1. The normalized spacial score (nSPS) is 16.4. The Balaban J connectivity index is 1.80. The molecule has 0 saturated heterocycles. The van der Waals surface area contributed by atoms with Gasteiger partial charge in [0.25, 0.3) is 5.91 Å². The van der Waals surface area contributed by atoms with Crippen LogP contribution in [0.25, 0.3) is 23.1 Å². The van der Waals surface area contributed by atoms with Gasteiger partial charge in [0, 0.05) is 30.2 Å². The van der Waals surface area contributed by atoms with Gasteiger partial charge in [-0.25, -0.2) is 9.97 Å². The number of nitrogens with one attached hydrogen (secondary N) is 1. The predicted molar refractivity (Wildman–Crippen MR) is 108 cm³/mol. The summed E-state index contributed by atoms with van der Waals surface area (Å²) in [6.07, 6.45) is 8.58. The monoisotopic (exact) mass is 397 g/mol. The van der Waals surface area contributed by atoms with Crippen LogP contribution in [0.5, 0.6) is 5.88 Å². The number of hydrogen-bond acceptors (Lipinski definition) is 5. The molecule has 0 spiro atoms. The minimum Gasteiger partial charge on any atom is -0.477 e. The molecule has 0 fully saturated rings. The highest BCUT2D eigenvalue weighted by Crippen LogP contribution is 2.24. The number of hydrogen-bond donors (Lipinski definition) is 1. The minimum absolute atomic E-state index is 0.0759. The number of amides is 1. The smallest absolute Gasteiger partial charge is 0.272 e. The average Bonchev–Trinajstić information content (AvgIpc) is 3.11. The van der Waals surface area contributed by atoms with Crippen molar-refractivity contribution in [1.29, 1.82) is 0 Å². The molecule has 2 bridgehead atoms. The van der Waals surface area contributed by atoms with Gasteiger partial charge in [-0.1, -0.05) is 11.6 Å². The van der Waals surface area contributed by atoms with Crippen molar-refractivity contribution >= 4 is 40.6 Å². The van der Waals surface area contributed by atoms with Crippen LogP contribution in [0.1, 0.15) is 41.5 Å². The van der Waals surface area contributed by atoms with Gasteiger partial charge < -0.3 is 9.64 Å². The molecule has 4 rings (SSSR count). The van der Waals surface area contributed by atoms with Crippen LogP contribution in [0.3, 0.4) is 0 Å². The second-order valence-corrected chi connectivity index (χ2v) is 6.98. The lowest BCUT2D eigenvalue weighted by atomic mass is 10.1. The quantitative estimate of drug-likeness (QED) is 0.675. The SMILES string of the molecule is CCN1CCCCOc2ncc(Cl)cc2/C=C/c2n[nH]c3cnc(cc23)C1=O. The highest BCUT2D eigenvalue weighted by Gasteiger charge is 2.17. The van der Waals surface area contributed by atoms with E-state index in [1.807, 2.05) is 25.1 Å². The molecule has 0 saturated carbocycles. The lowest BCUT2D eigenvalue weighted by Crippen LogP contribution is -2.32. The molecule has 0 radical (unpaired) electrons. The number of nitrogens with zero attached hydrogens (tertiary/aromatic N) is 4. The van der Waals surface area contributed by atoms with Gasteiger partial charge in [0.05, 0.1) is 29.0 Å². The number of fused-ring (bicyclic) bond motifs is 2. The molecule has 4 heterocycles. The second-order valence-electron chi connectivity index (χ2n) is 6.55. The summed E-state index contributed by atoms with van der Waals surface area (Å²) in [6.45, 7) is 3.76. The van der Waals surface area contributed by atoms with Crippen LogP contribution >= 0.6 is 11.6 Å². The van der Waals surface area contributed by atoms with E-state index in [4.69, 9.17) is 16.3 Å². The van der Waals surface area contributed by atoms with Gasteiger partial charge in [0.1, 0.15) is 5.69 Å². The number of pyridine rings is 2. The van der Waals surface area contributed by atoms with E-state index in [1.54, 1.807) is 23.4 Å². The molecular formula is C20H20ClN5O2. The van der Waals surface area contributed by atoms with Crippen LogP contribution in [-0.2, 0) is 0 Å². The summed E-state index contributed by atoms with van der Waals surface area (Å²) in [7, 11) is 0. The number of ether oxygens (including phenoxy) is 1. The van der Waals surface area contributed by atoms with Crippen LogP contribution in [0, 0.1) is 0 Å². The van der Waals surface area contributed by atoms with E-state index in [1.165, 1.54) is 0 Å². The zero-order valence-corrected chi connectivity index (χ0v) is 16.2. The third-order valence-corrected chi connectivity index (χ3v) is 4.90. The Morgan fingerprint density at radius 1 is 1.21 bits per heavy atom. The second kappa shape index (κ2) is 7.98. The van der Waals surface area contributed by atoms with Crippen molar-refractivity contribution in [3.05, 3.63) is 46.5 Å². The Hall–Kier alpha value is -2.93. The Morgan fingerprint density at radius 2 is 2.11 bits per heavy atom. The van der Waals surface area contributed by atoms with Crippen LogP contribution in [0.4, 0.5) is 0 Å². The van der Waals surface area contributed by atoms with Gasteiger partial charge in [-0.05, 0) is 44.1 Å². The number of carbonyl (C=O) groups is 1. The summed E-state index contributed by atoms with van der Waals surface area (Å²) in [5.74, 6) is 0.453. The first kappa shape index (κ1) is 18.4. The van der Waals surface area contributed by atoms with Crippen molar-refractivity contribution in [3.63, 3.8) is 0 Å². The topological polar surface area (TPSA) is 84.0 Å². The van der Waals surface area contributed by atoms with E-state index in [9.17, 15) is 4.79 Å². The molecule has 3 aromatic rings. The summed E-state index contributed by atoms with van der Waals surface area (Å²) in [6, 6.07) is 3.60. The fourth-order valence-electron chi connectivity index (χ4n) is 3.17. The molecule has 1 N–H and O–H groups in total. The highest BCUT2D eigenvalue weighted by atomic mass is 35.5. The third-order valence-electron chi connectivity index (χ3n) is 4.69. The number of halogens is 1. The van der Waals surface area contributed by atoms with Crippen molar-refractivity contribution in [1.82, 2.24) is 25.1 Å². The van der Waals surface area contributed by atoms with Gasteiger partial charge in [-0.15, -0.1) is 0 Å². The van der Waals surface area contributed by atoms with E-state index in [2.05, 4.69) is 20.2 Å². The number of carbonyl (C=O) groups excluding carboxylic acids is 1. The summed E-state index contributed by atoms with van der Waals surface area (Å²) in [4.78, 5) is 23.3. The molecule has 0 aliphatic carbocycles. The number of aromatic amines is 1. The van der Waals surface area contributed by atoms with E-state index in [0.29, 0.717) is 42.0 Å². The van der Waals surface area contributed by atoms with Crippen LogP contribution in [0.15, 0.2) is 24.5 Å². The molecule has 1 aliphatic rings. The van der Waals surface area contributed by atoms with E-state index >= 15 is 0 Å². The summed E-state index contributed by atoms with van der Waals surface area (Å²) >= 11 is 6.11. The Bertz CT molecular complexity index is 1050. The number of rotatable bonds is 1. The first-order chi connectivity index (χ1) is 13.7. The maximum absolute atomic E-state index is 12.9. The number of aromatic nitrogens is 4. The highest BCUT2D eigenvalue weighted by molar-refractivity contribution is 6.30. The van der Waals surface area contributed by atoms with Gasteiger partial charge >= 0.3 is 0 Å². The van der Waals surface area contributed by atoms with E-state index < -0.39 is 0 Å².